The summed E-state index contributed by atoms with van der Waals surface area (Å²) in [5.41, 5.74) is 10.4. The molecule has 2 heteroatoms. The highest BCUT2D eigenvalue weighted by atomic mass is 32.2. The maximum absolute atomic E-state index is 4.52. The van der Waals surface area contributed by atoms with E-state index >= 15 is 0 Å². The standard InChI is InChI=1S/C38H41NS/c1-27-15-11-12-18-32(27)37(3,4)28(2)21-22-29-23-24-30(36(29)40-31-16-9-8-10-17-31)25-26-35-38(5,6)33-19-13-14-20-34(33)39(35)7/h8-22,25-26H,2,23-24H2,1,3-7H3/b22-21+,30-25+,35-26+. The summed E-state index contributed by atoms with van der Waals surface area (Å²) in [6, 6.07) is 28.2. The van der Waals surface area contributed by atoms with Crippen molar-refractivity contribution in [1.29, 1.82) is 0 Å². The second-order valence-corrected chi connectivity index (χ2v) is 13.1. The SMILES string of the molecule is C=C(/C=C/C1=C(Sc2ccccc2)C(=C/C=C2/N(C)c3ccccc3C2(C)C)/CC1)C(C)(C)c1ccccc1C. The molecule has 3 aromatic carbocycles. The van der Waals surface area contributed by atoms with Gasteiger partial charge in [-0.1, -0.05) is 125 Å². The lowest BCUT2D eigenvalue weighted by Crippen LogP contribution is -2.22. The molecule has 5 rings (SSSR count). The van der Waals surface area contributed by atoms with Crippen LogP contribution in [0.2, 0.25) is 0 Å². The van der Waals surface area contributed by atoms with E-state index in [1.807, 2.05) is 11.8 Å². The van der Waals surface area contributed by atoms with E-state index in [4.69, 9.17) is 0 Å². The predicted molar refractivity (Wildman–Crippen MR) is 175 cm³/mol. The number of allylic oxidation sites excluding steroid dienone is 8. The molecule has 1 aliphatic heterocycles. The molecule has 0 N–H and O–H groups in total. The van der Waals surface area contributed by atoms with Crippen molar-refractivity contribution in [2.45, 2.75) is 63.2 Å². The van der Waals surface area contributed by atoms with Crippen LogP contribution >= 0.6 is 11.8 Å². The van der Waals surface area contributed by atoms with E-state index < -0.39 is 0 Å². The molecule has 3 aromatic rings. The number of para-hydroxylation sites is 1. The molecule has 0 atom stereocenters. The van der Waals surface area contributed by atoms with Crippen LogP contribution in [-0.4, -0.2) is 7.05 Å². The van der Waals surface area contributed by atoms with Gasteiger partial charge in [-0.25, -0.2) is 0 Å². The number of aryl methyl sites for hydroxylation is 1. The van der Waals surface area contributed by atoms with Crippen LogP contribution < -0.4 is 4.90 Å². The molecule has 0 radical (unpaired) electrons. The zero-order valence-electron chi connectivity index (χ0n) is 24.8. The van der Waals surface area contributed by atoms with Crippen LogP contribution in [0.25, 0.3) is 0 Å². The largest absolute Gasteiger partial charge is 0.347 e. The van der Waals surface area contributed by atoms with Gasteiger partial charge in [0.25, 0.3) is 0 Å². The zero-order valence-corrected chi connectivity index (χ0v) is 25.6. The summed E-state index contributed by atoms with van der Waals surface area (Å²) in [6.45, 7) is 15.9. The molecule has 0 spiro atoms. The van der Waals surface area contributed by atoms with Crippen LogP contribution in [0.3, 0.4) is 0 Å². The van der Waals surface area contributed by atoms with Gasteiger partial charge in [0.2, 0.25) is 0 Å². The molecule has 0 saturated heterocycles. The minimum atomic E-state index is -0.134. The molecule has 0 amide bonds. The van der Waals surface area contributed by atoms with Gasteiger partial charge in [-0.3, -0.25) is 0 Å². The molecule has 0 saturated carbocycles. The van der Waals surface area contributed by atoms with Gasteiger partial charge >= 0.3 is 0 Å². The number of fused-ring (bicyclic) bond motifs is 1. The molecule has 40 heavy (non-hydrogen) atoms. The van der Waals surface area contributed by atoms with Gasteiger partial charge in [-0.2, -0.15) is 0 Å². The number of thioether (sulfide) groups is 1. The molecule has 0 aromatic heterocycles. The lowest BCUT2D eigenvalue weighted by atomic mass is 9.76. The highest BCUT2D eigenvalue weighted by Crippen LogP contribution is 2.48. The second kappa shape index (κ2) is 11.2. The Labute approximate surface area is 245 Å². The van der Waals surface area contributed by atoms with Crippen LogP contribution in [0.15, 0.2) is 142 Å². The van der Waals surface area contributed by atoms with E-state index in [1.165, 1.54) is 49.0 Å². The van der Waals surface area contributed by atoms with Gasteiger partial charge in [0, 0.05) is 39.1 Å². The summed E-state index contributed by atoms with van der Waals surface area (Å²) in [5, 5.41) is 0. The third-order valence-electron chi connectivity index (χ3n) is 8.70. The van der Waals surface area contributed by atoms with Crippen molar-refractivity contribution in [1.82, 2.24) is 0 Å². The van der Waals surface area contributed by atoms with E-state index in [0.29, 0.717) is 0 Å². The summed E-state index contributed by atoms with van der Waals surface area (Å²) in [6.07, 6.45) is 11.4. The van der Waals surface area contributed by atoms with E-state index in [9.17, 15) is 0 Å². The molecule has 1 heterocycles. The van der Waals surface area contributed by atoms with Gasteiger partial charge in [-0.15, -0.1) is 0 Å². The highest BCUT2D eigenvalue weighted by Gasteiger charge is 2.37. The van der Waals surface area contributed by atoms with Gasteiger partial charge in [0.1, 0.15) is 0 Å². The summed E-state index contributed by atoms with van der Waals surface area (Å²) in [4.78, 5) is 5.00. The number of anilines is 1. The fraction of sp³-hybridized carbons (Fsp3) is 0.263. The molecule has 204 valence electrons. The third-order valence-corrected chi connectivity index (χ3v) is 9.94. The van der Waals surface area contributed by atoms with E-state index in [0.717, 1.165) is 18.4 Å². The Morgan fingerprint density at radius 2 is 1.57 bits per heavy atom. The maximum Gasteiger partial charge on any atom is 0.0447 e. The van der Waals surface area contributed by atoms with Crippen molar-refractivity contribution in [3.8, 4) is 0 Å². The van der Waals surface area contributed by atoms with Crippen LogP contribution in [0.1, 0.15) is 57.2 Å². The summed E-state index contributed by atoms with van der Waals surface area (Å²) < 4.78 is 0. The Bertz CT molecular complexity index is 1550. The number of hydrogen-bond donors (Lipinski definition) is 0. The summed E-state index contributed by atoms with van der Waals surface area (Å²) in [5.74, 6) is 0. The highest BCUT2D eigenvalue weighted by molar-refractivity contribution is 8.03. The Morgan fingerprint density at radius 3 is 2.30 bits per heavy atom. The van der Waals surface area contributed by atoms with Crippen molar-refractivity contribution in [2.75, 3.05) is 11.9 Å². The van der Waals surface area contributed by atoms with Crippen molar-refractivity contribution < 1.29 is 0 Å². The summed E-state index contributed by atoms with van der Waals surface area (Å²) in [7, 11) is 2.19. The molecule has 0 fully saturated rings. The number of rotatable bonds is 7. The number of nitrogens with zero attached hydrogens (tertiary/aromatic N) is 1. The first-order chi connectivity index (χ1) is 19.1. The van der Waals surface area contributed by atoms with Crippen LogP contribution in [0, 0.1) is 6.92 Å². The Balaban J connectivity index is 1.49. The number of likely N-dealkylation sites (N-methyl/N-ethyl adjacent to an activating group) is 1. The van der Waals surface area contributed by atoms with Gasteiger partial charge in [-0.05, 0) is 77.5 Å². The predicted octanol–water partition coefficient (Wildman–Crippen LogP) is 10.5. The minimum Gasteiger partial charge on any atom is -0.347 e. The average Bonchev–Trinajstić information content (AvgIpc) is 3.41. The van der Waals surface area contributed by atoms with Gasteiger partial charge in [0.15, 0.2) is 0 Å². The zero-order chi connectivity index (χ0) is 28.5. The van der Waals surface area contributed by atoms with Gasteiger partial charge in [0.05, 0.1) is 0 Å². The quantitative estimate of drug-likeness (QED) is 0.273. The Morgan fingerprint density at radius 1 is 0.900 bits per heavy atom. The first kappa shape index (κ1) is 28.1. The van der Waals surface area contributed by atoms with Crippen LogP contribution in [0.5, 0.6) is 0 Å². The number of hydrogen-bond acceptors (Lipinski definition) is 2. The fourth-order valence-electron chi connectivity index (χ4n) is 6.10. The van der Waals surface area contributed by atoms with E-state index in [2.05, 4.69) is 156 Å². The average molecular weight is 544 g/mol. The molecular weight excluding hydrogens is 502 g/mol. The van der Waals surface area contributed by atoms with E-state index in [1.54, 1.807) is 0 Å². The topological polar surface area (TPSA) is 3.24 Å². The lowest BCUT2D eigenvalue weighted by Gasteiger charge is -2.28. The first-order valence-corrected chi connectivity index (χ1v) is 15.1. The minimum absolute atomic E-state index is 0.0287. The number of benzene rings is 3. The smallest absolute Gasteiger partial charge is 0.0447 e. The first-order valence-electron chi connectivity index (χ1n) is 14.3. The van der Waals surface area contributed by atoms with Crippen molar-refractivity contribution in [3.63, 3.8) is 0 Å². The summed E-state index contributed by atoms with van der Waals surface area (Å²) >= 11 is 1.88. The van der Waals surface area contributed by atoms with E-state index in [-0.39, 0.29) is 10.8 Å². The second-order valence-electron chi connectivity index (χ2n) is 12.0. The molecule has 2 aliphatic rings. The van der Waals surface area contributed by atoms with Crippen LogP contribution in [0.4, 0.5) is 5.69 Å². The third kappa shape index (κ3) is 5.30. The van der Waals surface area contributed by atoms with Crippen molar-refractivity contribution >= 4 is 17.4 Å². The molecule has 1 nitrogen and oxygen atoms in total. The van der Waals surface area contributed by atoms with Crippen molar-refractivity contribution in [2.24, 2.45) is 0 Å². The normalized spacial score (nSPS) is 18.8. The molecule has 0 bridgehead atoms. The molecule has 0 unspecified atom stereocenters. The molecule has 1 aliphatic carbocycles. The molecular formula is C38H41NS. The lowest BCUT2D eigenvalue weighted by molar-refractivity contribution is 0.636. The van der Waals surface area contributed by atoms with Crippen LogP contribution in [-0.2, 0) is 10.8 Å². The maximum atomic E-state index is 4.52. The Kier molecular flexibility index (Phi) is 7.84. The Hall–Kier alpha value is -3.49. The van der Waals surface area contributed by atoms with Gasteiger partial charge < -0.3 is 4.90 Å². The van der Waals surface area contributed by atoms with Crippen molar-refractivity contribution in [3.05, 3.63) is 154 Å². The fourth-order valence-corrected chi connectivity index (χ4v) is 7.23. The monoisotopic (exact) mass is 543 g/mol.